The molecule has 1 aliphatic rings. The maximum Gasteiger partial charge on any atom is 0.308 e. The zero-order valence-corrected chi connectivity index (χ0v) is 13.5. The van der Waals surface area contributed by atoms with E-state index < -0.39 is 28.0 Å². The summed E-state index contributed by atoms with van der Waals surface area (Å²) in [5.41, 5.74) is 1.53. The average Bonchev–Trinajstić information content (AvgIpc) is 2.95. The summed E-state index contributed by atoms with van der Waals surface area (Å²) in [6, 6.07) is 6.11. The first-order chi connectivity index (χ1) is 10.9. The van der Waals surface area contributed by atoms with E-state index in [4.69, 9.17) is 0 Å². The summed E-state index contributed by atoms with van der Waals surface area (Å²) in [5.74, 6) is -1.62. The van der Waals surface area contributed by atoms with E-state index in [9.17, 15) is 18.3 Å². The van der Waals surface area contributed by atoms with Crippen molar-refractivity contribution in [3.05, 3.63) is 36.0 Å². The van der Waals surface area contributed by atoms with Crippen LogP contribution in [0.1, 0.15) is 24.8 Å². The second-order valence-electron chi connectivity index (χ2n) is 5.88. The van der Waals surface area contributed by atoms with Crippen molar-refractivity contribution in [3.63, 3.8) is 0 Å². The highest BCUT2D eigenvalue weighted by atomic mass is 32.2. The Hall–Kier alpha value is -1.99. The smallest absolute Gasteiger partial charge is 0.308 e. The molecule has 0 saturated heterocycles. The van der Waals surface area contributed by atoms with Crippen LogP contribution in [0.2, 0.25) is 0 Å². The van der Waals surface area contributed by atoms with Crippen LogP contribution in [0.25, 0.3) is 10.9 Å². The number of nitrogens with one attached hydrogen (secondary N) is 1. The van der Waals surface area contributed by atoms with Crippen molar-refractivity contribution in [2.75, 3.05) is 0 Å². The Morgan fingerprint density at radius 3 is 2.83 bits per heavy atom. The zero-order valence-electron chi connectivity index (χ0n) is 12.7. The lowest BCUT2D eigenvalue weighted by Gasteiger charge is -2.18. The molecular formula is C16H18N2O4S. The minimum atomic E-state index is -3.81. The molecule has 0 spiro atoms. The number of benzene rings is 1. The van der Waals surface area contributed by atoms with Gasteiger partial charge in [-0.05, 0) is 43.5 Å². The number of fused-ring (bicyclic) bond motifs is 1. The van der Waals surface area contributed by atoms with Gasteiger partial charge in [-0.15, -0.1) is 0 Å². The van der Waals surface area contributed by atoms with Gasteiger partial charge in [-0.1, -0.05) is 12.5 Å². The maximum absolute atomic E-state index is 12.7. The van der Waals surface area contributed by atoms with Gasteiger partial charge in [-0.2, -0.15) is 0 Å². The standard InChI is InChI=1S/C16H18N2O4S/c1-10-7-8-14(12-5-3-9-17-15(10)12)23(21,22)18-13-6-2-4-11(13)16(19)20/h3,5,7-9,11,13,18H,2,4,6H2,1H3,(H,19,20)/t11-,13-/m1/s1. The zero-order chi connectivity index (χ0) is 16.6. The number of carboxylic acids is 1. The number of sulfonamides is 1. The van der Waals surface area contributed by atoms with Crippen LogP contribution < -0.4 is 4.72 Å². The molecule has 1 aromatic heterocycles. The molecule has 3 rings (SSSR count). The highest BCUT2D eigenvalue weighted by Gasteiger charge is 2.36. The van der Waals surface area contributed by atoms with Gasteiger partial charge >= 0.3 is 5.97 Å². The quantitative estimate of drug-likeness (QED) is 0.892. The van der Waals surface area contributed by atoms with E-state index in [1.54, 1.807) is 30.5 Å². The predicted octanol–water partition coefficient (Wildman–Crippen LogP) is 2.07. The molecule has 0 amide bonds. The van der Waals surface area contributed by atoms with E-state index in [1.807, 2.05) is 6.92 Å². The van der Waals surface area contributed by atoms with Crippen molar-refractivity contribution in [2.45, 2.75) is 37.1 Å². The summed E-state index contributed by atoms with van der Waals surface area (Å²) in [6.07, 6.45) is 3.37. The van der Waals surface area contributed by atoms with Gasteiger partial charge in [0, 0.05) is 17.6 Å². The summed E-state index contributed by atoms with van der Waals surface area (Å²) in [5, 5.41) is 9.76. The fraction of sp³-hybridized carbons (Fsp3) is 0.375. The minimum Gasteiger partial charge on any atom is -0.481 e. The van der Waals surface area contributed by atoms with Crippen LogP contribution in [-0.4, -0.2) is 30.5 Å². The molecule has 1 fully saturated rings. The van der Waals surface area contributed by atoms with Crippen molar-refractivity contribution < 1.29 is 18.3 Å². The number of pyridine rings is 1. The molecule has 0 unspecified atom stereocenters. The van der Waals surface area contributed by atoms with E-state index in [0.717, 1.165) is 5.56 Å². The Morgan fingerprint density at radius 2 is 2.09 bits per heavy atom. The number of rotatable bonds is 4. The van der Waals surface area contributed by atoms with Crippen LogP contribution >= 0.6 is 0 Å². The molecule has 6 nitrogen and oxygen atoms in total. The lowest BCUT2D eigenvalue weighted by Crippen LogP contribution is -2.40. The number of nitrogens with zero attached hydrogens (tertiary/aromatic N) is 1. The van der Waals surface area contributed by atoms with Gasteiger partial charge in [0.1, 0.15) is 0 Å². The van der Waals surface area contributed by atoms with Gasteiger partial charge in [0.25, 0.3) is 0 Å². The number of hydrogen-bond donors (Lipinski definition) is 2. The molecular weight excluding hydrogens is 316 g/mol. The van der Waals surface area contributed by atoms with Crippen molar-refractivity contribution in [1.82, 2.24) is 9.71 Å². The Kier molecular flexibility index (Phi) is 4.08. The molecule has 1 aromatic carbocycles. The van der Waals surface area contributed by atoms with E-state index in [0.29, 0.717) is 30.2 Å². The summed E-state index contributed by atoms with van der Waals surface area (Å²) in [6.45, 7) is 1.87. The first-order valence-corrected chi connectivity index (χ1v) is 8.98. The highest BCUT2D eigenvalue weighted by molar-refractivity contribution is 7.89. The van der Waals surface area contributed by atoms with Gasteiger partial charge < -0.3 is 5.11 Å². The summed E-state index contributed by atoms with van der Waals surface area (Å²) < 4.78 is 28.1. The summed E-state index contributed by atoms with van der Waals surface area (Å²) in [7, 11) is -3.81. The molecule has 7 heteroatoms. The Labute approximate surface area is 134 Å². The first kappa shape index (κ1) is 15.9. The van der Waals surface area contributed by atoms with Gasteiger partial charge in [-0.25, -0.2) is 13.1 Å². The average molecular weight is 334 g/mol. The lowest BCUT2D eigenvalue weighted by molar-refractivity contribution is -0.141. The molecule has 122 valence electrons. The molecule has 0 bridgehead atoms. The van der Waals surface area contributed by atoms with Crippen LogP contribution in [-0.2, 0) is 14.8 Å². The third-order valence-corrected chi connectivity index (χ3v) is 5.91. The summed E-state index contributed by atoms with van der Waals surface area (Å²) in [4.78, 5) is 15.6. The largest absolute Gasteiger partial charge is 0.481 e. The van der Waals surface area contributed by atoms with Crippen LogP contribution in [0.15, 0.2) is 35.4 Å². The maximum atomic E-state index is 12.7. The van der Waals surface area contributed by atoms with Gasteiger partial charge in [0.15, 0.2) is 0 Å². The van der Waals surface area contributed by atoms with E-state index >= 15 is 0 Å². The third kappa shape index (κ3) is 2.94. The molecule has 2 N–H and O–H groups in total. The number of carbonyl (C=O) groups is 1. The third-order valence-electron chi connectivity index (χ3n) is 4.36. The molecule has 23 heavy (non-hydrogen) atoms. The normalized spacial score (nSPS) is 21.6. The number of hydrogen-bond acceptors (Lipinski definition) is 4. The van der Waals surface area contributed by atoms with Crippen LogP contribution in [0, 0.1) is 12.8 Å². The Bertz CT molecular complexity index is 864. The fourth-order valence-corrected chi connectivity index (χ4v) is 4.69. The molecule has 2 atom stereocenters. The predicted molar refractivity (Wildman–Crippen MR) is 85.6 cm³/mol. The Balaban J connectivity index is 2.01. The van der Waals surface area contributed by atoms with Crippen molar-refractivity contribution in [2.24, 2.45) is 5.92 Å². The second-order valence-corrected chi connectivity index (χ2v) is 7.57. The monoisotopic (exact) mass is 334 g/mol. The van der Waals surface area contributed by atoms with E-state index in [2.05, 4.69) is 9.71 Å². The molecule has 1 saturated carbocycles. The fourth-order valence-electron chi connectivity index (χ4n) is 3.18. The van der Waals surface area contributed by atoms with Crippen LogP contribution in [0.4, 0.5) is 0 Å². The van der Waals surface area contributed by atoms with Gasteiger partial charge in [0.05, 0.1) is 16.3 Å². The van der Waals surface area contributed by atoms with Gasteiger partial charge in [-0.3, -0.25) is 9.78 Å². The van der Waals surface area contributed by atoms with Crippen molar-refractivity contribution in [1.29, 1.82) is 0 Å². The van der Waals surface area contributed by atoms with Crippen LogP contribution in [0.5, 0.6) is 0 Å². The highest BCUT2D eigenvalue weighted by Crippen LogP contribution is 2.29. The van der Waals surface area contributed by atoms with Crippen molar-refractivity contribution >= 4 is 26.9 Å². The number of aliphatic carboxylic acids is 1. The number of aromatic nitrogens is 1. The van der Waals surface area contributed by atoms with Crippen LogP contribution in [0.3, 0.4) is 0 Å². The first-order valence-electron chi connectivity index (χ1n) is 7.49. The molecule has 0 aliphatic heterocycles. The SMILES string of the molecule is Cc1ccc(S(=O)(=O)N[C@@H]2CCC[C@H]2C(=O)O)c2cccnc12. The van der Waals surface area contributed by atoms with E-state index in [-0.39, 0.29) is 4.90 Å². The van der Waals surface area contributed by atoms with E-state index in [1.165, 1.54) is 0 Å². The second kappa shape index (κ2) is 5.90. The topological polar surface area (TPSA) is 96.4 Å². The number of carboxylic acid groups (broad SMARTS) is 1. The molecule has 2 aromatic rings. The molecule has 0 radical (unpaired) electrons. The van der Waals surface area contributed by atoms with Crippen molar-refractivity contribution in [3.8, 4) is 0 Å². The van der Waals surface area contributed by atoms with Gasteiger partial charge in [0.2, 0.25) is 10.0 Å². The molecule has 1 aliphatic carbocycles. The minimum absolute atomic E-state index is 0.141. The number of aryl methyl sites for hydroxylation is 1. The Morgan fingerprint density at radius 1 is 1.30 bits per heavy atom. The molecule has 1 heterocycles. The summed E-state index contributed by atoms with van der Waals surface area (Å²) >= 11 is 0. The lowest BCUT2D eigenvalue weighted by atomic mass is 10.1.